The summed E-state index contributed by atoms with van der Waals surface area (Å²) in [7, 11) is 0. The van der Waals surface area contributed by atoms with Gasteiger partial charge in [-0.3, -0.25) is 14.2 Å². The van der Waals surface area contributed by atoms with E-state index in [2.05, 4.69) is 31.4 Å². The summed E-state index contributed by atoms with van der Waals surface area (Å²) in [5.74, 6) is 1.28. The first kappa shape index (κ1) is 20.9. The average molecular weight is 462 g/mol. The number of benzene rings is 1. The van der Waals surface area contributed by atoms with Crippen molar-refractivity contribution in [3.05, 3.63) is 53.0 Å². The number of anilines is 1. The molecule has 3 rings (SSSR count). The largest absolute Gasteiger partial charge is 0.490 e. The minimum Gasteiger partial charge on any atom is -0.490 e. The number of carbonyl (C=O) groups excluding carboxylic acids is 1. The monoisotopic (exact) mass is 461 g/mol. The SMILES string of the molecule is CCOc1ccc(Cn2cc(NC(=O)C(C)n3cc(Br)cn3)cn2)cc1OCC. The van der Waals surface area contributed by atoms with Gasteiger partial charge in [0, 0.05) is 12.4 Å². The third-order valence-electron chi connectivity index (χ3n) is 4.20. The molecule has 0 saturated carbocycles. The number of rotatable bonds is 9. The molecule has 0 spiro atoms. The molecule has 8 nitrogen and oxygen atoms in total. The minimum absolute atomic E-state index is 0.167. The molecule has 2 aromatic heterocycles. The van der Waals surface area contributed by atoms with Crippen molar-refractivity contribution in [3.8, 4) is 11.5 Å². The maximum atomic E-state index is 12.5. The summed E-state index contributed by atoms with van der Waals surface area (Å²) in [6.45, 7) is 7.35. The number of aromatic nitrogens is 4. The van der Waals surface area contributed by atoms with E-state index in [1.54, 1.807) is 41.1 Å². The van der Waals surface area contributed by atoms with Crippen LogP contribution < -0.4 is 14.8 Å². The van der Waals surface area contributed by atoms with Gasteiger partial charge in [0.05, 0.1) is 42.3 Å². The van der Waals surface area contributed by atoms with Gasteiger partial charge in [-0.05, 0) is 54.4 Å². The molecule has 154 valence electrons. The predicted molar refractivity (Wildman–Crippen MR) is 113 cm³/mol. The second-order valence-electron chi connectivity index (χ2n) is 6.38. The van der Waals surface area contributed by atoms with Crippen LogP contribution in [0.25, 0.3) is 0 Å². The number of nitrogens with zero attached hydrogens (tertiary/aromatic N) is 4. The Balaban J connectivity index is 1.65. The molecule has 1 atom stereocenters. The molecule has 29 heavy (non-hydrogen) atoms. The Kier molecular flexibility index (Phi) is 6.92. The van der Waals surface area contributed by atoms with E-state index in [0.717, 1.165) is 15.8 Å². The lowest BCUT2D eigenvalue weighted by molar-refractivity contribution is -0.119. The fourth-order valence-electron chi connectivity index (χ4n) is 2.79. The first-order valence-corrected chi connectivity index (χ1v) is 10.2. The molecule has 0 bridgehead atoms. The first-order valence-electron chi connectivity index (χ1n) is 9.41. The van der Waals surface area contributed by atoms with E-state index in [1.165, 1.54) is 0 Å². The van der Waals surface area contributed by atoms with Gasteiger partial charge >= 0.3 is 0 Å². The molecule has 3 aromatic rings. The molecule has 0 aliphatic heterocycles. The van der Waals surface area contributed by atoms with Gasteiger partial charge < -0.3 is 14.8 Å². The Morgan fingerprint density at radius 1 is 1.14 bits per heavy atom. The number of carbonyl (C=O) groups is 1. The molecular weight excluding hydrogens is 438 g/mol. The lowest BCUT2D eigenvalue weighted by atomic mass is 10.2. The van der Waals surface area contributed by atoms with Crippen LogP contribution in [-0.4, -0.2) is 38.7 Å². The zero-order chi connectivity index (χ0) is 20.8. The molecule has 1 N–H and O–H groups in total. The molecule has 0 saturated heterocycles. The third-order valence-corrected chi connectivity index (χ3v) is 4.61. The number of amides is 1. The van der Waals surface area contributed by atoms with Crippen molar-refractivity contribution in [2.24, 2.45) is 0 Å². The summed E-state index contributed by atoms with van der Waals surface area (Å²) in [6, 6.07) is 5.39. The summed E-state index contributed by atoms with van der Waals surface area (Å²) in [4.78, 5) is 12.5. The second kappa shape index (κ2) is 9.60. The van der Waals surface area contributed by atoms with Gasteiger partial charge in [-0.15, -0.1) is 0 Å². The zero-order valence-electron chi connectivity index (χ0n) is 16.6. The number of halogens is 1. The third kappa shape index (κ3) is 5.38. The number of nitrogens with one attached hydrogen (secondary N) is 1. The van der Waals surface area contributed by atoms with Gasteiger partial charge in [0.15, 0.2) is 11.5 Å². The van der Waals surface area contributed by atoms with Crippen LogP contribution in [0.2, 0.25) is 0 Å². The van der Waals surface area contributed by atoms with Crippen molar-refractivity contribution < 1.29 is 14.3 Å². The summed E-state index contributed by atoms with van der Waals surface area (Å²) in [5.41, 5.74) is 1.65. The molecule has 1 amide bonds. The van der Waals surface area contributed by atoms with Crippen LogP contribution >= 0.6 is 15.9 Å². The maximum absolute atomic E-state index is 12.5. The van der Waals surface area contributed by atoms with Crippen LogP contribution in [0.5, 0.6) is 11.5 Å². The molecule has 9 heteroatoms. The Bertz CT molecular complexity index is 969. The predicted octanol–water partition coefficient (Wildman–Crippen LogP) is 3.89. The molecule has 0 radical (unpaired) electrons. The van der Waals surface area contributed by atoms with Gasteiger partial charge in [0.2, 0.25) is 5.91 Å². The van der Waals surface area contributed by atoms with Crippen molar-refractivity contribution in [1.82, 2.24) is 19.6 Å². The number of hydrogen-bond acceptors (Lipinski definition) is 5. The van der Waals surface area contributed by atoms with Crippen LogP contribution in [0, 0.1) is 0 Å². The van der Waals surface area contributed by atoms with Crippen LogP contribution in [0.1, 0.15) is 32.4 Å². The molecule has 1 unspecified atom stereocenters. The second-order valence-corrected chi connectivity index (χ2v) is 7.29. The van der Waals surface area contributed by atoms with Crippen molar-refractivity contribution in [2.75, 3.05) is 18.5 Å². The van der Waals surface area contributed by atoms with Crippen molar-refractivity contribution >= 4 is 27.5 Å². The molecule has 2 heterocycles. The van der Waals surface area contributed by atoms with Gasteiger partial charge in [-0.25, -0.2) is 0 Å². The lowest BCUT2D eigenvalue weighted by Gasteiger charge is -2.12. The molecule has 0 aliphatic carbocycles. The Morgan fingerprint density at radius 2 is 1.90 bits per heavy atom. The van der Waals surface area contributed by atoms with Gasteiger partial charge in [0.25, 0.3) is 0 Å². The van der Waals surface area contributed by atoms with Crippen LogP contribution in [0.4, 0.5) is 5.69 Å². The molecule has 0 fully saturated rings. The van der Waals surface area contributed by atoms with E-state index in [4.69, 9.17) is 9.47 Å². The van der Waals surface area contributed by atoms with Gasteiger partial charge in [-0.1, -0.05) is 6.07 Å². The minimum atomic E-state index is -0.440. The standard InChI is InChI=1S/C20H24BrN5O3/c1-4-28-18-7-6-15(8-19(18)29-5-2)11-25-13-17(10-22-25)24-20(27)14(3)26-12-16(21)9-23-26/h6-10,12-14H,4-5,11H2,1-3H3,(H,24,27). The van der Waals surface area contributed by atoms with Crippen LogP contribution in [-0.2, 0) is 11.3 Å². The van der Waals surface area contributed by atoms with E-state index in [9.17, 15) is 4.79 Å². The summed E-state index contributed by atoms with van der Waals surface area (Å²) in [6.07, 6.45) is 6.83. The highest BCUT2D eigenvalue weighted by molar-refractivity contribution is 9.10. The Labute approximate surface area is 177 Å². The fourth-order valence-corrected chi connectivity index (χ4v) is 3.09. The van der Waals surface area contributed by atoms with E-state index in [-0.39, 0.29) is 5.91 Å². The normalized spacial score (nSPS) is 11.9. The maximum Gasteiger partial charge on any atom is 0.249 e. The highest BCUT2D eigenvalue weighted by atomic mass is 79.9. The van der Waals surface area contributed by atoms with Crippen molar-refractivity contribution in [3.63, 3.8) is 0 Å². The van der Waals surface area contributed by atoms with Crippen LogP contribution in [0.15, 0.2) is 47.5 Å². The number of hydrogen-bond donors (Lipinski definition) is 1. The van der Waals surface area contributed by atoms with Crippen LogP contribution in [0.3, 0.4) is 0 Å². The zero-order valence-corrected chi connectivity index (χ0v) is 18.2. The fraction of sp³-hybridized carbons (Fsp3) is 0.350. The molecule has 0 aliphatic rings. The van der Waals surface area contributed by atoms with E-state index >= 15 is 0 Å². The first-order chi connectivity index (χ1) is 14.0. The summed E-state index contributed by atoms with van der Waals surface area (Å²) in [5, 5.41) is 11.4. The highest BCUT2D eigenvalue weighted by Gasteiger charge is 2.16. The van der Waals surface area contributed by atoms with E-state index in [1.807, 2.05) is 32.0 Å². The average Bonchev–Trinajstić information content (AvgIpc) is 3.32. The van der Waals surface area contributed by atoms with E-state index in [0.29, 0.717) is 31.2 Å². The van der Waals surface area contributed by atoms with Gasteiger partial charge in [-0.2, -0.15) is 10.2 Å². The lowest BCUT2D eigenvalue weighted by Crippen LogP contribution is -2.23. The topological polar surface area (TPSA) is 83.2 Å². The molecule has 1 aromatic carbocycles. The van der Waals surface area contributed by atoms with E-state index < -0.39 is 6.04 Å². The Hall–Kier alpha value is -2.81. The summed E-state index contributed by atoms with van der Waals surface area (Å²) >= 11 is 3.33. The highest BCUT2D eigenvalue weighted by Crippen LogP contribution is 2.29. The smallest absolute Gasteiger partial charge is 0.249 e. The summed E-state index contributed by atoms with van der Waals surface area (Å²) < 4.78 is 15.5. The Morgan fingerprint density at radius 3 is 2.59 bits per heavy atom. The van der Waals surface area contributed by atoms with Crippen molar-refractivity contribution in [1.29, 1.82) is 0 Å². The van der Waals surface area contributed by atoms with Crippen molar-refractivity contribution in [2.45, 2.75) is 33.4 Å². The quantitative estimate of drug-likeness (QED) is 0.522. The van der Waals surface area contributed by atoms with Gasteiger partial charge in [0.1, 0.15) is 6.04 Å². The number of ether oxygens (including phenoxy) is 2. The molecular formula is C20H24BrN5O3.